The molecule has 2 aromatic rings. The van der Waals surface area contributed by atoms with Gasteiger partial charge in [0.15, 0.2) is 0 Å². The van der Waals surface area contributed by atoms with Gasteiger partial charge in [0.1, 0.15) is 18.1 Å². The Bertz CT molecular complexity index is 599. The van der Waals surface area contributed by atoms with Crippen LogP contribution in [0.5, 0.6) is 11.5 Å². The summed E-state index contributed by atoms with van der Waals surface area (Å²) >= 11 is 0. The third-order valence-electron chi connectivity index (χ3n) is 3.36. The molecule has 0 atom stereocenters. The number of ether oxygens (including phenoxy) is 2. The average molecular weight is 286 g/mol. The van der Waals surface area contributed by atoms with Crippen LogP contribution in [-0.2, 0) is 13.0 Å². The monoisotopic (exact) mass is 286 g/mol. The SMILES string of the molecule is CCc1ccccc1OCc1cc(OC)ccc1B(O)O. The first-order chi connectivity index (χ1) is 10.2. The number of hydrogen-bond donors (Lipinski definition) is 2. The van der Waals surface area contributed by atoms with Crippen LogP contribution in [0.15, 0.2) is 42.5 Å². The van der Waals surface area contributed by atoms with E-state index in [-0.39, 0.29) is 6.61 Å². The molecule has 0 aliphatic carbocycles. The second kappa shape index (κ2) is 7.15. The van der Waals surface area contributed by atoms with E-state index in [9.17, 15) is 10.0 Å². The Hall–Kier alpha value is -1.98. The third-order valence-corrected chi connectivity index (χ3v) is 3.36. The zero-order valence-corrected chi connectivity index (χ0v) is 12.2. The topological polar surface area (TPSA) is 58.9 Å². The van der Waals surface area contributed by atoms with Crippen molar-refractivity contribution in [1.29, 1.82) is 0 Å². The highest BCUT2D eigenvalue weighted by molar-refractivity contribution is 6.59. The lowest BCUT2D eigenvalue weighted by Gasteiger charge is -2.14. The molecule has 0 bridgehead atoms. The van der Waals surface area contributed by atoms with Crippen molar-refractivity contribution in [3.8, 4) is 11.5 Å². The molecule has 5 heteroatoms. The fourth-order valence-corrected chi connectivity index (χ4v) is 2.18. The van der Waals surface area contributed by atoms with Crippen LogP contribution in [0.4, 0.5) is 0 Å². The summed E-state index contributed by atoms with van der Waals surface area (Å²) in [7, 11) is 0.0393. The summed E-state index contributed by atoms with van der Waals surface area (Å²) in [6, 6.07) is 12.9. The van der Waals surface area contributed by atoms with Crippen LogP contribution in [0, 0.1) is 0 Å². The third kappa shape index (κ3) is 3.77. The van der Waals surface area contributed by atoms with Gasteiger partial charge in [-0.2, -0.15) is 0 Å². The Kier molecular flexibility index (Phi) is 5.25. The van der Waals surface area contributed by atoms with Crippen LogP contribution < -0.4 is 14.9 Å². The van der Waals surface area contributed by atoms with Crippen LogP contribution in [-0.4, -0.2) is 24.3 Å². The van der Waals surface area contributed by atoms with Crippen molar-refractivity contribution in [2.45, 2.75) is 20.0 Å². The van der Waals surface area contributed by atoms with Crippen molar-refractivity contribution < 1.29 is 19.5 Å². The van der Waals surface area contributed by atoms with Gasteiger partial charge in [0.2, 0.25) is 0 Å². The molecule has 110 valence electrons. The Morgan fingerprint density at radius 2 is 1.81 bits per heavy atom. The zero-order valence-electron chi connectivity index (χ0n) is 12.2. The van der Waals surface area contributed by atoms with Gasteiger partial charge < -0.3 is 19.5 Å². The molecule has 0 saturated heterocycles. The standard InChI is InChI=1S/C16H19BO4/c1-3-12-6-4-5-7-16(12)21-11-13-10-14(20-2)8-9-15(13)17(18)19/h4-10,18-19H,3,11H2,1-2H3. The minimum absolute atomic E-state index is 0.251. The summed E-state index contributed by atoms with van der Waals surface area (Å²) < 4.78 is 11.0. The van der Waals surface area contributed by atoms with Gasteiger partial charge in [-0.05, 0) is 41.2 Å². The van der Waals surface area contributed by atoms with E-state index < -0.39 is 7.12 Å². The minimum Gasteiger partial charge on any atom is -0.497 e. The highest BCUT2D eigenvalue weighted by Gasteiger charge is 2.17. The summed E-state index contributed by atoms with van der Waals surface area (Å²) in [5, 5.41) is 18.9. The van der Waals surface area contributed by atoms with Crippen molar-refractivity contribution in [2.24, 2.45) is 0 Å². The quantitative estimate of drug-likeness (QED) is 0.790. The zero-order chi connectivity index (χ0) is 15.2. The van der Waals surface area contributed by atoms with E-state index in [0.717, 1.165) is 17.7 Å². The van der Waals surface area contributed by atoms with E-state index >= 15 is 0 Å². The van der Waals surface area contributed by atoms with Crippen LogP contribution in [0.2, 0.25) is 0 Å². The molecule has 0 amide bonds. The Balaban J connectivity index is 2.22. The molecule has 0 aliphatic heterocycles. The van der Waals surface area contributed by atoms with Gasteiger partial charge >= 0.3 is 7.12 Å². The maximum absolute atomic E-state index is 9.43. The molecule has 0 spiro atoms. The fraction of sp³-hybridized carbons (Fsp3) is 0.250. The van der Waals surface area contributed by atoms with Crippen molar-refractivity contribution in [2.75, 3.05) is 7.11 Å². The number of benzene rings is 2. The van der Waals surface area contributed by atoms with Crippen molar-refractivity contribution in [1.82, 2.24) is 0 Å². The summed E-state index contributed by atoms with van der Waals surface area (Å²) in [5.41, 5.74) is 2.23. The molecular weight excluding hydrogens is 267 g/mol. The molecule has 2 N–H and O–H groups in total. The molecule has 2 rings (SSSR count). The Morgan fingerprint density at radius 1 is 1.05 bits per heavy atom. The van der Waals surface area contributed by atoms with Gasteiger partial charge in [0, 0.05) is 0 Å². The smallest absolute Gasteiger partial charge is 0.488 e. The van der Waals surface area contributed by atoms with E-state index in [1.807, 2.05) is 24.3 Å². The van der Waals surface area contributed by atoms with E-state index in [1.165, 1.54) is 0 Å². The van der Waals surface area contributed by atoms with Crippen LogP contribution in [0.1, 0.15) is 18.1 Å². The predicted octanol–water partition coefficient (Wildman–Crippen LogP) is 1.52. The molecule has 0 unspecified atom stereocenters. The van der Waals surface area contributed by atoms with Gasteiger partial charge in [0.25, 0.3) is 0 Å². The van der Waals surface area contributed by atoms with Crippen molar-refractivity contribution >= 4 is 12.6 Å². The van der Waals surface area contributed by atoms with E-state index in [4.69, 9.17) is 9.47 Å². The molecule has 0 aromatic heterocycles. The Labute approximate surface area is 125 Å². The molecule has 4 nitrogen and oxygen atoms in total. The lowest BCUT2D eigenvalue weighted by Crippen LogP contribution is -2.33. The van der Waals surface area contributed by atoms with Crippen LogP contribution in [0.3, 0.4) is 0 Å². The van der Waals surface area contributed by atoms with Crippen LogP contribution >= 0.6 is 0 Å². The fourth-order valence-electron chi connectivity index (χ4n) is 2.18. The minimum atomic E-state index is -1.53. The second-order valence-electron chi connectivity index (χ2n) is 4.69. The Morgan fingerprint density at radius 3 is 2.48 bits per heavy atom. The number of aryl methyl sites for hydroxylation is 1. The maximum atomic E-state index is 9.43. The number of para-hydroxylation sites is 1. The summed E-state index contributed by atoms with van der Waals surface area (Å²) in [6.45, 7) is 2.32. The van der Waals surface area contributed by atoms with E-state index in [1.54, 1.807) is 25.3 Å². The van der Waals surface area contributed by atoms with Crippen molar-refractivity contribution in [3.63, 3.8) is 0 Å². The lowest BCUT2D eigenvalue weighted by atomic mass is 9.77. The summed E-state index contributed by atoms with van der Waals surface area (Å²) in [6.07, 6.45) is 0.879. The first kappa shape index (κ1) is 15.4. The van der Waals surface area contributed by atoms with Gasteiger partial charge in [-0.15, -0.1) is 0 Å². The van der Waals surface area contributed by atoms with Gasteiger partial charge in [-0.25, -0.2) is 0 Å². The molecule has 21 heavy (non-hydrogen) atoms. The second-order valence-corrected chi connectivity index (χ2v) is 4.69. The van der Waals surface area contributed by atoms with E-state index in [2.05, 4.69) is 6.92 Å². The summed E-state index contributed by atoms with van der Waals surface area (Å²) in [5.74, 6) is 1.46. The van der Waals surface area contributed by atoms with Crippen molar-refractivity contribution in [3.05, 3.63) is 53.6 Å². The molecule has 0 fully saturated rings. The normalized spacial score (nSPS) is 10.3. The van der Waals surface area contributed by atoms with Crippen LogP contribution in [0.25, 0.3) is 0 Å². The molecule has 0 heterocycles. The van der Waals surface area contributed by atoms with Gasteiger partial charge in [0.05, 0.1) is 7.11 Å². The lowest BCUT2D eigenvalue weighted by molar-refractivity contribution is 0.302. The largest absolute Gasteiger partial charge is 0.497 e. The summed E-state index contributed by atoms with van der Waals surface area (Å²) in [4.78, 5) is 0. The van der Waals surface area contributed by atoms with Gasteiger partial charge in [-0.3, -0.25) is 0 Å². The molecular formula is C16H19BO4. The molecule has 2 aromatic carbocycles. The molecule has 0 saturated carbocycles. The number of hydrogen-bond acceptors (Lipinski definition) is 4. The van der Waals surface area contributed by atoms with Gasteiger partial charge in [-0.1, -0.05) is 31.2 Å². The van der Waals surface area contributed by atoms with E-state index in [0.29, 0.717) is 16.8 Å². The number of methoxy groups -OCH3 is 1. The highest BCUT2D eigenvalue weighted by Crippen LogP contribution is 2.20. The highest BCUT2D eigenvalue weighted by atomic mass is 16.5. The molecule has 0 radical (unpaired) electrons. The molecule has 0 aliphatic rings. The predicted molar refractivity (Wildman–Crippen MR) is 83.0 cm³/mol. The average Bonchev–Trinajstić information content (AvgIpc) is 2.52. The maximum Gasteiger partial charge on any atom is 0.488 e. The first-order valence-electron chi connectivity index (χ1n) is 6.89. The first-order valence-corrected chi connectivity index (χ1v) is 6.89. The number of rotatable bonds is 6.